The summed E-state index contributed by atoms with van der Waals surface area (Å²) in [5, 5.41) is 3.35. The molecule has 0 bridgehead atoms. The standard InChI is InChI=1S/C19H26N2O2S.ClH/c1-5-23-16-10-19(20,18(16,2)3)17(22)21(4)11-13-12-24-15-9-7-6-8-14(13)15;/h6-9,12,16H,5,10-11,20H2,1-4H3;1H. The smallest absolute Gasteiger partial charge is 0.243 e. The molecule has 1 heterocycles. The van der Waals surface area contributed by atoms with E-state index in [-0.39, 0.29) is 29.8 Å². The van der Waals surface area contributed by atoms with Crippen LogP contribution in [0.25, 0.3) is 10.1 Å². The topological polar surface area (TPSA) is 55.6 Å². The first-order valence-corrected chi connectivity index (χ1v) is 9.30. The fraction of sp³-hybridized carbons (Fsp3) is 0.526. The lowest BCUT2D eigenvalue weighted by Gasteiger charge is -2.58. The molecule has 1 aliphatic carbocycles. The van der Waals surface area contributed by atoms with Crippen LogP contribution in [0.5, 0.6) is 0 Å². The summed E-state index contributed by atoms with van der Waals surface area (Å²) in [6.07, 6.45) is 0.633. The molecule has 1 aromatic carbocycles. The first-order valence-electron chi connectivity index (χ1n) is 8.42. The first-order chi connectivity index (χ1) is 11.3. The van der Waals surface area contributed by atoms with Crippen molar-refractivity contribution in [3.63, 3.8) is 0 Å². The number of fused-ring (bicyclic) bond motifs is 1. The number of amides is 1. The second kappa shape index (κ2) is 7.23. The number of hydrogen-bond donors (Lipinski definition) is 1. The second-order valence-corrected chi connectivity index (χ2v) is 8.17. The quantitative estimate of drug-likeness (QED) is 0.855. The Morgan fingerprint density at radius 1 is 1.40 bits per heavy atom. The van der Waals surface area contributed by atoms with Crippen LogP contribution < -0.4 is 5.73 Å². The number of rotatable bonds is 5. The molecule has 3 rings (SSSR count). The molecule has 0 saturated heterocycles. The minimum absolute atomic E-state index is 0. The Labute approximate surface area is 159 Å². The van der Waals surface area contributed by atoms with Crippen molar-refractivity contribution in [2.75, 3.05) is 13.7 Å². The molecule has 1 saturated carbocycles. The molecule has 2 unspecified atom stereocenters. The van der Waals surface area contributed by atoms with Crippen LogP contribution >= 0.6 is 23.7 Å². The van der Waals surface area contributed by atoms with Crippen molar-refractivity contribution < 1.29 is 9.53 Å². The van der Waals surface area contributed by atoms with Crippen LogP contribution in [-0.2, 0) is 16.1 Å². The van der Waals surface area contributed by atoms with Crippen LogP contribution in [0.1, 0.15) is 32.8 Å². The Kier molecular flexibility index (Phi) is 5.84. The van der Waals surface area contributed by atoms with Crippen molar-refractivity contribution in [1.82, 2.24) is 4.90 Å². The number of nitrogens with zero attached hydrogens (tertiary/aromatic N) is 1. The molecule has 2 aromatic rings. The van der Waals surface area contributed by atoms with Gasteiger partial charge in [-0.3, -0.25) is 4.79 Å². The second-order valence-electron chi connectivity index (χ2n) is 7.26. The maximum Gasteiger partial charge on any atom is 0.243 e. The first kappa shape index (κ1) is 20.2. The molecule has 25 heavy (non-hydrogen) atoms. The average molecular weight is 383 g/mol. The van der Waals surface area contributed by atoms with Crippen molar-refractivity contribution in [2.45, 2.75) is 45.4 Å². The lowest BCUT2D eigenvalue weighted by Crippen LogP contribution is -2.75. The number of carbonyl (C=O) groups excluding carboxylic acids is 1. The molecule has 2 atom stereocenters. The summed E-state index contributed by atoms with van der Waals surface area (Å²) in [6.45, 7) is 7.26. The van der Waals surface area contributed by atoms with Gasteiger partial charge in [0, 0.05) is 36.7 Å². The maximum absolute atomic E-state index is 13.0. The highest BCUT2D eigenvalue weighted by Gasteiger charge is 2.63. The van der Waals surface area contributed by atoms with Crippen molar-refractivity contribution in [3.8, 4) is 0 Å². The van der Waals surface area contributed by atoms with Crippen LogP contribution in [0.2, 0.25) is 0 Å². The van der Waals surface area contributed by atoms with E-state index < -0.39 is 5.54 Å². The number of nitrogens with two attached hydrogens (primary N) is 1. The summed E-state index contributed by atoms with van der Waals surface area (Å²) in [5.41, 5.74) is 6.48. The number of halogens is 1. The number of carbonyl (C=O) groups is 1. The van der Waals surface area contributed by atoms with Crippen LogP contribution in [-0.4, -0.2) is 36.1 Å². The fourth-order valence-electron chi connectivity index (χ4n) is 3.62. The molecule has 0 spiro atoms. The minimum Gasteiger partial charge on any atom is -0.378 e. The Morgan fingerprint density at radius 3 is 2.72 bits per heavy atom. The highest BCUT2D eigenvalue weighted by atomic mass is 35.5. The Balaban J connectivity index is 0.00000225. The number of thiophene rings is 1. The van der Waals surface area contributed by atoms with Gasteiger partial charge in [-0.15, -0.1) is 23.7 Å². The minimum atomic E-state index is -0.854. The van der Waals surface area contributed by atoms with Gasteiger partial charge in [0.1, 0.15) is 5.54 Å². The summed E-state index contributed by atoms with van der Waals surface area (Å²) < 4.78 is 6.98. The van der Waals surface area contributed by atoms with Crippen LogP contribution in [0, 0.1) is 5.41 Å². The molecule has 138 valence electrons. The largest absolute Gasteiger partial charge is 0.378 e. The zero-order valence-corrected chi connectivity index (χ0v) is 16.9. The van der Waals surface area contributed by atoms with E-state index in [0.717, 1.165) is 0 Å². The monoisotopic (exact) mass is 382 g/mol. The van der Waals surface area contributed by atoms with E-state index in [0.29, 0.717) is 19.6 Å². The summed E-state index contributed by atoms with van der Waals surface area (Å²) >= 11 is 1.71. The van der Waals surface area contributed by atoms with E-state index in [1.807, 2.05) is 40.0 Å². The third kappa shape index (κ3) is 3.19. The highest BCUT2D eigenvalue weighted by molar-refractivity contribution is 7.17. The molecule has 1 amide bonds. The zero-order chi connectivity index (χ0) is 17.5. The molecule has 0 radical (unpaired) electrons. The van der Waals surface area contributed by atoms with E-state index in [9.17, 15) is 4.79 Å². The Hall–Kier alpha value is -1.14. The van der Waals surface area contributed by atoms with E-state index in [4.69, 9.17) is 10.5 Å². The van der Waals surface area contributed by atoms with Gasteiger partial charge in [0.05, 0.1) is 6.10 Å². The number of ether oxygens (including phenoxy) is 1. The zero-order valence-electron chi connectivity index (χ0n) is 15.2. The molecule has 1 aromatic heterocycles. The molecule has 0 aliphatic heterocycles. The predicted molar refractivity (Wildman–Crippen MR) is 106 cm³/mol. The van der Waals surface area contributed by atoms with Crippen molar-refractivity contribution >= 4 is 39.7 Å². The predicted octanol–water partition coefficient (Wildman–Crippen LogP) is 3.81. The van der Waals surface area contributed by atoms with Gasteiger partial charge in [-0.1, -0.05) is 32.0 Å². The van der Waals surface area contributed by atoms with E-state index >= 15 is 0 Å². The summed E-state index contributed by atoms with van der Waals surface area (Å²) in [7, 11) is 1.84. The Morgan fingerprint density at radius 2 is 2.08 bits per heavy atom. The Bertz CT molecular complexity index is 761. The van der Waals surface area contributed by atoms with Gasteiger partial charge < -0.3 is 15.4 Å². The maximum atomic E-state index is 13.0. The lowest BCUT2D eigenvalue weighted by atomic mass is 9.54. The van der Waals surface area contributed by atoms with Gasteiger partial charge in [0.2, 0.25) is 5.91 Å². The van der Waals surface area contributed by atoms with Gasteiger partial charge in [-0.2, -0.15) is 0 Å². The normalized spacial score (nSPS) is 24.4. The molecular weight excluding hydrogens is 356 g/mol. The van der Waals surface area contributed by atoms with Crippen LogP contribution in [0.15, 0.2) is 29.6 Å². The van der Waals surface area contributed by atoms with Gasteiger partial charge in [-0.25, -0.2) is 0 Å². The molecule has 4 nitrogen and oxygen atoms in total. The number of benzene rings is 1. The summed E-state index contributed by atoms with van der Waals surface area (Å²) in [5.74, 6) is -0.00117. The highest BCUT2D eigenvalue weighted by Crippen LogP contribution is 2.50. The van der Waals surface area contributed by atoms with Gasteiger partial charge in [0.15, 0.2) is 0 Å². The van der Waals surface area contributed by atoms with E-state index in [1.54, 1.807) is 16.2 Å². The third-order valence-corrected chi connectivity index (χ3v) is 6.54. The summed E-state index contributed by atoms with van der Waals surface area (Å²) in [4.78, 5) is 14.8. The van der Waals surface area contributed by atoms with Crippen LogP contribution in [0.4, 0.5) is 0 Å². The molecule has 6 heteroatoms. The fourth-order valence-corrected chi connectivity index (χ4v) is 4.58. The van der Waals surface area contributed by atoms with Gasteiger partial charge in [0.25, 0.3) is 0 Å². The van der Waals surface area contributed by atoms with Crippen molar-refractivity contribution in [1.29, 1.82) is 0 Å². The van der Waals surface area contributed by atoms with Gasteiger partial charge >= 0.3 is 0 Å². The number of hydrogen-bond acceptors (Lipinski definition) is 4. The third-order valence-electron chi connectivity index (χ3n) is 5.53. The van der Waals surface area contributed by atoms with Crippen molar-refractivity contribution in [2.24, 2.45) is 11.1 Å². The molecule has 2 N–H and O–H groups in total. The molecule has 1 fully saturated rings. The van der Waals surface area contributed by atoms with E-state index in [1.165, 1.54) is 15.6 Å². The van der Waals surface area contributed by atoms with Crippen molar-refractivity contribution in [3.05, 3.63) is 35.2 Å². The average Bonchev–Trinajstić information content (AvgIpc) is 2.97. The number of likely N-dealkylation sites (N-methyl/N-ethyl adjacent to an activating group) is 1. The lowest BCUT2D eigenvalue weighted by molar-refractivity contribution is -0.178. The van der Waals surface area contributed by atoms with Crippen LogP contribution in [0.3, 0.4) is 0 Å². The van der Waals surface area contributed by atoms with Gasteiger partial charge in [-0.05, 0) is 29.3 Å². The van der Waals surface area contributed by atoms with E-state index in [2.05, 4.69) is 17.5 Å². The molecule has 1 aliphatic rings. The SMILES string of the molecule is CCOC1CC(N)(C(=O)N(C)Cc2csc3ccccc23)C1(C)C.Cl. The molecular formula is C19H27ClN2O2S. The summed E-state index contributed by atoms with van der Waals surface area (Å²) in [6, 6.07) is 8.29.